The molecule has 3 aliphatic rings. The van der Waals surface area contributed by atoms with Gasteiger partial charge >= 0.3 is 6.18 Å². The number of hydrogen-bond donors (Lipinski definition) is 0. The van der Waals surface area contributed by atoms with Gasteiger partial charge in [-0.15, -0.1) is 10.2 Å². The molecule has 2 aromatic carbocycles. The molecule has 1 aliphatic carbocycles. The van der Waals surface area contributed by atoms with Gasteiger partial charge in [0.1, 0.15) is 12.2 Å². The minimum atomic E-state index is -4.66. The lowest BCUT2D eigenvalue weighted by atomic mass is 9.58. The fourth-order valence-electron chi connectivity index (χ4n) is 7.44. The lowest BCUT2D eigenvalue weighted by Gasteiger charge is -2.46. The van der Waals surface area contributed by atoms with Crippen LogP contribution in [-0.4, -0.2) is 42.9 Å². The normalized spacial score (nSPS) is 21.0. The third-order valence-electron chi connectivity index (χ3n) is 9.44. The van der Waals surface area contributed by atoms with Crippen molar-refractivity contribution in [2.75, 3.05) is 16.3 Å². The number of carbonyl (C=O) groups excluding carboxylic acids is 2. The Hall–Kier alpha value is -4.74. The summed E-state index contributed by atoms with van der Waals surface area (Å²) in [6.07, 6.45) is 2.83. The Morgan fingerprint density at radius 3 is 2.69 bits per heavy atom. The van der Waals surface area contributed by atoms with Crippen LogP contribution in [0.25, 0.3) is 0 Å². The highest BCUT2D eigenvalue weighted by Crippen LogP contribution is 2.52. The standard InChI is InChI=1S/C33H32F3N7O2/c1-4-29(44)41-10-6-9-27-28(41)16-38-43(27)17-21-11-24-25(26(12-21)33(34,35)36)18-42(30(24)45)23-8-5-7-22(13-23)32(14-20(2)15-32)31-39-37-19-40(31)3/h4-5,7-8,11-13,16,19-20H,1,6,9-10,14-15,17-18H2,2-3H3. The third kappa shape index (κ3) is 4.65. The van der Waals surface area contributed by atoms with Crippen molar-refractivity contribution in [1.82, 2.24) is 24.5 Å². The number of nitrogens with zero attached hydrogens (tertiary/aromatic N) is 7. The quantitative estimate of drug-likeness (QED) is 0.271. The van der Waals surface area contributed by atoms with E-state index in [0.29, 0.717) is 42.2 Å². The Kier molecular flexibility index (Phi) is 6.72. The molecule has 7 rings (SSSR count). The van der Waals surface area contributed by atoms with Gasteiger partial charge in [-0.3, -0.25) is 14.3 Å². The van der Waals surface area contributed by atoms with E-state index in [9.17, 15) is 22.8 Å². The number of benzene rings is 2. The SMILES string of the molecule is C=CC(=O)N1CCCc2c1cnn2Cc1cc2c(c(C(F)(F)F)c1)CN(c1cccc(C3(c4nncn4C)CC(C)C3)c1)C2=O. The Bertz CT molecular complexity index is 1850. The Balaban J connectivity index is 1.23. The number of anilines is 2. The summed E-state index contributed by atoms with van der Waals surface area (Å²) >= 11 is 0. The number of rotatable bonds is 6. The van der Waals surface area contributed by atoms with Crippen LogP contribution in [0.2, 0.25) is 0 Å². The molecule has 2 amide bonds. The highest BCUT2D eigenvalue weighted by Gasteiger charge is 2.48. The van der Waals surface area contributed by atoms with Crippen LogP contribution in [0.1, 0.15) is 70.3 Å². The summed E-state index contributed by atoms with van der Waals surface area (Å²) in [6.45, 7) is 6.10. The van der Waals surface area contributed by atoms with Crippen LogP contribution in [-0.2, 0) is 42.9 Å². The minimum Gasteiger partial charge on any atom is -0.320 e. The first-order valence-corrected chi connectivity index (χ1v) is 15.0. The van der Waals surface area contributed by atoms with E-state index in [1.807, 2.05) is 29.8 Å². The maximum atomic E-state index is 14.5. The van der Waals surface area contributed by atoms with Gasteiger partial charge in [0.25, 0.3) is 5.91 Å². The number of aryl methyl sites for hydroxylation is 1. The summed E-state index contributed by atoms with van der Waals surface area (Å²) in [4.78, 5) is 29.2. The summed E-state index contributed by atoms with van der Waals surface area (Å²) in [5.41, 5.74) is 2.00. The van der Waals surface area contributed by atoms with Crippen molar-refractivity contribution in [3.63, 3.8) is 0 Å². The van der Waals surface area contributed by atoms with E-state index >= 15 is 0 Å². The van der Waals surface area contributed by atoms with Gasteiger partial charge in [0.2, 0.25) is 5.91 Å². The highest BCUT2D eigenvalue weighted by atomic mass is 19.4. The smallest absolute Gasteiger partial charge is 0.320 e. The number of amides is 2. The van der Waals surface area contributed by atoms with E-state index in [2.05, 4.69) is 28.8 Å². The van der Waals surface area contributed by atoms with Crippen molar-refractivity contribution < 1.29 is 22.8 Å². The van der Waals surface area contributed by atoms with Crippen LogP contribution in [0, 0.1) is 5.92 Å². The van der Waals surface area contributed by atoms with Crippen LogP contribution < -0.4 is 9.80 Å². The predicted octanol–water partition coefficient (Wildman–Crippen LogP) is 5.42. The number of alkyl halides is 3. The fraction of sp³-hybridized carbons (Fsp3) is 0.364. The zero-order valence-corrected chi connectivity index (χ0v) is 25.0. The minimum absolute atomic E-state index is 0.0307. The Morgan fingerprint density at radius 1 is 1.20 bits per heavy atom. The fourth-order valence-corrected chi connectivity index (χ4v) is 7.44. The van der Waals surface area contributed by atoms with Crippen molar-refractivity contribution >= 4 is 23.2 Å². The Morgan fingerprint density at radius 2 is 2.00 bits per heavy atom. The molecule has 45 heavy (non-hydrogen) atoms. The molecule has 0 radical (unpaired) electrons. The summed E-state index contributed by atoms with van der Waals surface area (Å²) in [5, 5.41) is 12.9. The summed E-state index contributed by atoms with van der Waals surface area (Å²) in [6, 6.07) is 10.2. The molecule has 9 nitrogen and oxygen atoms in total. The monoisotopic (exact) mass is 615 g/mol. The van der Waals surface area contributed by atoms with Gasteiger partial charge in [-0.1, -0.05) is 25.6 Å². The van der Waals surface area contributed by atoms with Crippen LogP contribution in [0.5, 0.6) is 0 Å². The van der Waals surface area contributed by atoms with Gasteiger partial charge in [0, 0.05) is 24.8 Å². The van der Waals surface area contributed by atoms with Gasteiger partial charge in [0.15, 0.2) is 0 Å². The maximum absolute atomic E-state index is 14.5. The lowest BCUT2D eigenvalue weighted by Crippen LogP contribution is -2.43. The second kappa shape index (κ2) is 10.4. The van der Waals surface area contributed by atoms with E-state index in [1.165, 1.54) is 11.0 Å². The molecule has 0 N–H and O–H groups in total. The van der Waals surface area contributed by atoms with E-state index in [1.54, 1.807) is 34.2 Å². The second-order valence-electron chi connectivity index (χ2n) is 12.4. The summed E-state index contributed by atoms with van der Waals surface area (Å²) < 4.78 is 47.0. The molecule has 12 heteroatoms. The van der Waals surface area contributed by atoms with Crippen molar-refractivity contribution in [2.45, 2.75) is 57.3 Å². The van der Waals surface area contributed by atoms with Gasteiger partial charge in [0.05, 0.1) is 41.6 Å². The van der Waals surface area contributed by atoms with Gasteiger partial charge < -0.3 is 14.4 Å². The van der Waals surface area contributed by atoms with Gasteiger partial charge in [-0.05, 0) is 78.6 Å². The molecule has 232 valence electrons. The summed E-state index contributed by atoms with van der Waals surface area (Å²) in [7, 11) is 1.90. The molecule has 2 aliphatic heterocycles. The van der Waals surface area contributed by atoms with Crippen molar-refractivity contribution in [3.8, 4) is 0 Å². The average Bonchev–Trinajstić information content (AvgIpc) is 3.71. The molecule has 4 aromatic rings. The van der Waals surface area contributed by atoms with Crippen LogP contribution in [0.3, 0.4) is 0 Å². The molecule has 0 bridgehead atoms. The predicted molar refractivity (Wildman–Crippen MR) is 161 cm³/mol. The molecule has 0 saturated heterocycles. The van der Waals surface area contributed by atoms with Crippen LogP contribution >= 0.6 is 0 Å². The van der Waals surface area contributed by atoms with E-state index < -0.39 is 17.6 Å². The molecule has 4 heterocycles. The number of hydrogen-bond acceptors (Lipinski definition) is 5. The average molecular weight is 616 g/mol. The van der Waals surface area contributed by atoms with Crippen LogP contribution in [0.4, 0.5) is 24.5 Å². The first-order chi connectivity index (χ1) is 21.5. The first kappa shape index (κ1) is 29.0. The topological polar surface area (TPSA) is 89.2 Å². The van der Waals surface area contributed by atoms with Gasteiger partial charge in [-0.25, -0.2) is 0 Å². The van der Waals surface area contributed by atoms with Gasteiger partial charge in [-0.2, -0.15) is 18.3 Å². The number of carbonyl (C=O) groups is 2. The lowest BCUT2D eigenvalue weighted by molar-refractivity contribution is -0.138. The maximum Gasteiger partial charge on any atom is 0.416 e. The number of aromatic nitrogens is 5. The molecule has 2 aromatic heterocycles. The largest absolute Gasteiger partial charge is 0.416 e. The van der Waals surface area contributed by atoms with E-state index in [4.69, 9.17) is 0 Å². The zero-order chi connectivity index (χ0) is 31.7. The zero-order valence-electron chi connectivity index (χ0n) is 25.0. The van der Waals surface area contributed by atoms with Crippen molar-refractivity contribution in [3.05, 3.63) is 101 Å². The third-order valence-corrected chi connectivity index (χ3v) is 9.44. The van der Waals surface area contributed by atoms with Crippen molar-refractivity contribution in [1.29, 1.82) is 0 Å². The summed E-state index contributed by atoms with van der Waals surface area (Å²) in [5.74, 6) is 0.572. The molecule has 1 saturated carbocycles. The molecular formula is C33H32F3N7O2. The molecule has 0 atom stereocenters. The van der Waals surface area contributed by atoms with Crippen LogP contribution in [0.15, 0.2) is 61.6 Å². The molecular weight excluding hydrogens is 583 g/mol. The highest BCUT2D eigenvalue weighted by molar-refractivity contribution is 6.10. The number of halogens is 3. The Labute approximate surface area is 258 Å². The first-order valence-electron chi connectivity index (χ1n) is 15.0. The molecule has 1 fully saturated rings. The number of fused-ring (bicyclic) bond motifs is 2. The van der Waals surface area contributed by atoms with E-state index in [-0.39, 0.29) is 35.5 Å². The second-order valence-corrected chi connectivity index (χ2v) is 12.4. The molecule has 0 unspecified atom stereocenters. The molecule has 0 spiro atoms. The van der Waals surface area contributed by atoms with Crippen molar-refractivity contribution in [2.24, 2.45) is 13.0 Å². The van der Waals surface area contributed by atoms with E-state index in [0.717, 1.165) is 36.0 Å².